The lowest BCUT2D eigenvalue weighted by molar-refractivity contribution is -0.393. The van der Waals surface area contributed by atoms with Crippen LogP contribution in [0.5, 0.6) is 0 Å². The van der Waals surface area contributed by atoms with Crippen LogP contribution in [0.4, 0.5) is 17.1 Å². The summed E-state index contributed by atoms with van der Waals surface area (Å²) < 4.78 is 0. The molecule has 0 heterocycles. The molecule has 0 N–H and O–H groups in total. The SMILES string of the molecule is [N-]=[N+]=C1c2cc([N+](=O)[O-])ccc2-c2c1cc([N+](=O)[O-])cc2[N+](=O)[O-]. The van der Waals surface area contributed by atoms with E-state index in [4.69, 9.17) is 0 Å². The van der Waals surface area contributed by atoms with Crippen molar-refractivity contribution >= 4 is 22.8 Å². The zero-order valence-corrected chi connectivity index (χ0v) is 11.6. The van der Waals surface area contributed by atoms with Gasteiger partial charge in [-0.15, -0.1) is 0 Å². The number of nitrogens with zero attached hydrogens (tertiary/aromatic N) is 5. The summed E-state index contributed by atoms with van der Waals surface area (Å²) >= 11 is 0. The molecule has 24 heavy (non-hydrogen) atoms. The fourth-order valence-corrected chi connectivity index (χ4v) is 2.64. The summed E-state index contributed by atoms with van der Waals surface area (Å²) in [4.78, 5) is 33.9. The van der Waals surface area contributed by atoms with Crippen LogP contribution in [-0.2, 0) is 0 Å². The Kier molecular flexibility index (Phi) is 3.13. The number of nitro groups is 3. The maximum atomic E-state index is 11.3. The Morgan fingerprint density at radius 3 is 1.96 bits per heavy atom. The second-order valence-corrected chi connectivity index (χ2v) is 4.84. The lowest BCUT2D eigenvalue weighted by Gasteiger charge is -2.01. The minimum absolute atomic E-state index is 0.0169. The average Bonchev–Trinajstić information content (AvgIpc) is 2.86. The van der Waals surface area contributed by atoms with Crippen LogP contribution in [-0.4, -0.2) is 25.3 Å². The van der Waals surface area contributed by atoms with Gasteiger partial charge in [0, 0.05) is 23.8 Å². The van der Waals surface area contributed by atoms with Gasteiger partial charge in [0.25, 0.3) is 17.1 Å². The number of fused-ring (bicyclic) bond motifs is 3. The highest BCUT2D eigenvalue weighted by Crippen LogP contribution is 2.45. The first-order chi connectivity index (χ1) is 11.3. The van der Waals surface area contributed by atoms with E-state index in [-0.39, 0.29) is 33.7 Å². The lowest BCUT2D eigenvalue weighted by Crippen LogP contribution is -2.02. The zero-order chi connectivity index (χ0) is 17.6. The Morgan fingerprint density at radius 2 is 1.42 bits per heavy atom. The van der Waals surface area contributed by atoms with Crippen molar-refractivity contribution in [2.75, 3.05) is 0 Å². The van der Waals surface area contributed by atoms with Gasteiger partial charge >= 0.3 is 5.71 Å². The molecule has 11 heteroatoms. The molecule has 2 aromatic carbocycles. The van der Waals surface area contributed by atoms with Crippen LogP contribution < -0.4 is 0 Å². The second kappa shape index (κ2) is 5.04. The Bertz CT molecular complexity index is 1010. The van der Waals surface area contributed by atoms with Crippen LogP contribution in [0.2, 0.25) is 0 Å². The molecule has 1 aliphatic rings. The molecular formula is C13H5N5O6. The normalized spacial score (nSPS) is 11.4. The quantitative estimate of drug-likeness (QED) is 0.310. The van der Waals surface area contributed by atoms with Gasteiger partial charge in [-0.3, -0.25) is 30.3 Å². The van der Waals surface area contributed by atoms with E-state index in [2.05, 4.69) is 4.79 Å². The van der Waals surface area contributed by atoms with E-state index in [1.807, 2.05) is 0 Å². The van der Waals surface area contributed by atoms with Gasteiger partial charge < -0.3 is 5.53 Å². The van der Waals surface area contributed by atoms with Crippen LogP contribution in [0.3, 0.4) is 0 Å². The van der Waals surface area contributed by atoms with Crippen molar-refractivity contribution in [2.24, 2.45) is 0 Å². The Morgan fingerprint density at radius 1 is 0.792 bits per heavy atom. The second-order valence-electron chi connectivity index (χ2n) is 4.84. The first-order valence-corrected chi connectivity index (χ1v) is 6.33. The lowest BCUT2D eigenvalue weighted by atomic mass is 10.0. The molecule has 2 aromatic rings. The number of hydrogen-bond acceptors (Lipinski definition) is 6. The van der Waals surface area contributed by atoms with Crippen molar-refractivity contribution in [3.05, 3.63) is 77.3 Å². The molecule has 0 saturated heterocycles. The third-order valence-electron chi connectivity index (χ3n) is 3.60. The molecule has 0 aliphatic heterocycles. The van der Waals surface area contributed by atoms with E-state index in [1.165, 1.54) is 6.07 Å². The van der Waals surface area contributed by atoms with Gasteiger partial charge in [-0.05, 0) is 6.07 Å². The molecule has 0 amide bonds. The molecule has 0 spiro atoms. The standard InChI is InChI=1S/C13H5N5O6/c14-15-13-9-3-6(16(19)20)1-2-8(9)12-10(13)4-7(17(21)22)5-11(12)18(23)24/h1-5H. The number of nitro benzene ring substituents is 3. The predicted molar refractivity (Wildman–Crippen MR) is 78.7 cm³/mol. The Hall–Kier alpha value is -3.98. The van der Waals surface area contributed by atoms with Crippen molar-refractivity contribution in [3.8, 4) is 11.1 Å². The van der Waals surface area contributed by atoms with E-state index in [1.54, 1.807) is 0 Å². The predicted octanol–water partition coefficient (Wildman–Crippen LogP) is 2.46. The van der Waals surface area contributed by atoms with E-state index in [0.29, 0.717) is 0 Å². The van der Waals surface area contributed by atoms with E-state index >= 15 is 0 Å². The Labute approximate surface area is 131 Å². The largest absolute Gasteiger partial charge is 0.361 e. The van der Waals surface area contributed by atoms with Gasteiger partial charge in [-0.2, -0.15) is 4.79 Å². The first-order valence-electron chi connectivity index (χ1n) is 6.33. The molecule has 0 aromatic heterocycles. The van der Waals surface area contributed by atoms with Gasteiger partial charge in [0.05, 0.1) is 37.5 Å². The van der Waals surface area contributed by atoms with E-state index < -0.39 is 26.1 Å². The van der Waals surface area contributed by atoms with Gasteiger partial charge in [0.2, 0.25) is 0 Å². The minimum atomic E-state index is -0.812. The summed E-state index contributed by atoms with van der Waals surface area (Å²) in [6.45, 7) is 0. The fraction of sp³-hybridized carbons (Fsp3) is 0. The smallest absolute Gasteiger partial charge is 0.331 e. The molecule has 118 valence electrons. The summed E-state index contributed by atoms with van der Waals surface area (Å²) in [5.74, 6) is 0. The third kappa shape index (κ3) is 2.01. The van der Waals surface area contributed by atoms with Crippen molar-refractivity contribution < 1.29 is 19.6 Å². The number of rotatable bonds is 3. The minimum Gasteiger partial charge on any atom is -0.361 e. The van der Waals surface area contributed by atoms with Gasteiger partial charge in [-0.25, -0.2) is 0 Å². The van der Waals surface area contributed by atoms with E-state index in [9.17, 15) is 35.9 Å². The topological polar surface area (TPSA) is 166 Å². The third-order valence-corrected chi connectivity index (χ3v) is 3.60. The van der Waals surface area contributed by atoms with Gasteiger partial charge in [0.1, 0.15) is 0 Å². The number of non-ortho nitro benzene ring substituents is 2. The van der Waals surface area contributed by atoms with Crippen LogP contribution in [0, 0.1) is 30.3 Å². The molecule has 3 rings (SSSR count). The molecule has 0 unspecified atom stereocenters. The molecule has 0 fully saturated rings. The molecular weight excluding hydrogens is 322 g/mol. The molecule has 0 radical (unpaired) electrons. The molecule has 1 aliphatic carbocycles. The van der Waals surface area contributed by atoms with Crippen LogP contribution in [0.1, 0.15) is 11.1 Å². The Balaban J connectivity index is 2.42. The summed E-state index contributed by atoms with van der Waals surface area (Å²) in [6.07, 6.45) is 0. The summed E-state index contributed by atoms with van der Waals surface area (Å²) in [7, 11) is 0. The number of benzene rings is 2. The average molecular weight is 327 g/mol. The van der Waals surface area contributed by atoms with Crippen LogP contribution in [0.25, 0.3) is 16.7 Å². The maximum absolute atomic E-state index is 11.3. The molecule has 0 saturated carbocycles. The highest BCUT2D eigenvalue weighted by Gasteiger charge is 2.40. The molecule has 0 bridgehead atoms. The van der Waals surface area contributed by atoms with Crippen molar-refractivity contribution in [3.63, 3.8) is 0 Å². The molecule has 11 nitrogen and oxygen atoms in total. The number of hydrogen-bond donors (Lipinski definition) is 0. The summed E-state index contributed by atoms with van der Waals surface area (Å²) in [5, 5.41) is 33.2. The fourth-order valence-electron chi connectivity index (χ4n) is 2.64. The van der Waals surface area contributed by atoms with Crippen LogP contribution >= 0.6 is 0 Å². The summed E-state index contributed by atoms with van der Waals surface area (Å²) in [5.41, 5.74) is 7.92. The monoisotopic (exact) mass is 327 g/mol. The van der Waals surface area contributed by atoms with Crippen molar-refractivity contribution in [1.29, 1.82) is 0 Å². The molecule has 0 atom stereocenters. The van der Waals surface area contributed by atoms with E-state index in [0.717, 1.165) is 24.3 Å². The zero-order valence-electron chi connectivity index (χ0n) is 11.6. The first kappa shape index (κ1) is 14.9. The van der Waals surface area contributed by atoms with Crippen LogP contribution in [0.15, 0.2) is 30.3 Å². The highest BCUT2D eigenvalue weighted by molar-refractivity contribution is 6.23. The van der Waals surface area contributed by atoms with Crippen molar-refractivity contribution in [1.82, 2.24) is 0 Å². The summed E-state index contributed by atoms with van der Waals surface area (Å²) in [6, 6.07) is 5.35. The highest BCUT2D eigenvalue weighted by atomic mass is 16.6. The maximum Gasteiger partial charge on any atom is 0.331 e. The van der Waals surface area contributed by atoms with Crippen molar-refractivity contribution in [2.45, 2.75) is 0 Å². The van der Waals surface area contributed by atoms with Gasteiger partial charge in [-0.1, -0.05) is 0 Å². The van der Waals surface area contributed by atoms with Gasteiger partial charge in [0.15, 0.2) is 0 Å².